The Hall–Kier alpha value is -2.25. The first kappa shape index (κ1) is 28.8. The molecule has 184 valence electrons. The number of hydrogen-bond acceptors (Lipinski definition) is 4. The summed E-state index contributed by atoms with van der Waals surface area (Å²) in [5.41, 5.74) is 6.67. The highest BCUT2D eigenvalue weighted by Crippen LogP contribution is 2.13. The number of unbranched alkanes of at least 4 members (excludes halogenated alkanes) is 7. The van der Waals surface area contributed by atoms with E-state index in [0.717, 1.165) is 0 Å². The van der Waals surface area contributed by atoms with Crippen LogP contribution in [0.25, 0.3) is 5.69 Å². The minimum Gasteiger partial charge on any atom is -0.549 e. The maximum atomic E-state index is 9.58. The summed E-state index contributed by atoms with van der Waals surface area (Å²) in [6, 6.07) is 13.7. The average Bonchev–Trinajstić information content (AvgIpc) is 2.69. The van der Waals surface area contributed by atoms with Crippen molar-refractivity contribution >= 4 is 16.1 Å². The van der Waals surface area contributed by atoms with Gasteiger partial charge >= 0.3 is 0 Å². The molecule has 2 rings (SSSR count). The molecule has 1 N–H and O–H groups in total. The second-order valence-electron chi connectivity index (χ2n) is 8.64. The van der Waals surface area contributed by atoms with Gasteiger partial charge in [0.1, 0.15) is 5.75 Å². The van der Waals surface area contributed by atoms with Crippen LogP contribution in [0.4, 0.5) is 0 Å². The molecule has 0 bridgehead atoms. The largest absolute Gasteiger partial charge is 0.549 e. The van der Waals surface area contributed by atoms with Crippen molar-refractivity contribution in [3.05, 3.63) is 58.9 Å². The van der Waals surface area contributed by atoms with Gasteiger partial charge in [-0.2, -0.15) is 13.0 Å². The van der Waals surface area contributed by atoms with Crippen LogP contribution in [0.15, 0.2) is 36.4 Å². The fourth-order valence-electron chi connectivity index (χ4n) is 3.94. The van der Waals surface area contributed by atoms with Gasteiger partial charge in [0, 0.05) is 38.1 Å². The van der Waals surface area contributed by atoms with Crippen molar-refractivity contribution in [2.75, 3.05) is 5.75 Å². The van der Waals surface area contributed by atoms with Crippen molar-refractivity contribution < 1.29 is 27.4 Å². The van der Waals surface area contributed by atoms with E-state index in [1.807, 2.05) is 0 Å². The number of pyridine rings is 1. The summed E-state index contributed by atoms with van der Waals surface area (Å²) in [6.45, 7) is 8.82. The molecule has 0 fully saturated rings. The molecule has 0 aliphatic heterocycles. The molecular weight excluding hydrogens is 438 g/mol. The van der Waals surface area contributed by atoms with Crippen LogP contribution in [0.1, 0.15) is 80.8 Å². The molecule has 0 spiro atoms. The van der Waals surface area contributed by atoms with Crippen molar-refractivity contribution in [3.63, 3.8) is 0 Å². The molecule has 2 aromatic rings. The minimum atomic E-state index is -4.39. The molecule has 1 aromatic heterocycles. The lowest BCUT2D eigenvalue weighted by Crippen LogP contribution is -2.37. The number of carboxylic acids is 1. The summed E-state index contributed by atoms with van der Waals surface area (Å²) >= 11 is 0. The van der Waals surface area contributed by atoms with Gasteiger partial charge in [0.2, 0.25) is 5.69 Å². The van der Waals surface area contributed by atoms with E-state index >= 15 is 0 Å². The van der Waals surface area contributed by atoms with E-state index < -0.39 is 21.8 Å². The van der Waals surface area contributed by atoms with Gasteiger partial charge in [-0.15, -0.1) is 0 Å². The maximum absolute atomic E-state index is 9.58. The summed E-state index contributed by atoms with van der Waals surface area (Å²) in [5.74, 6) is -3.15. The van der Waals surface area contributed by atoms with Crippen LogP contribution < -0.4 is 9.67 Å². The number of benzene rings is 1. The van der Waals surface area contributed by atoms with Crippen LogP contribution in [0, 0.1) is 20.8 Å². The third kappa shape index (κ3) is 12.5. The first-order valence-electron chi connectivity index (χ1n) is 11.8. The Morgan fingerprint density at radius 1 is 0.879 bits per heavy atom. The number of rotatable bonds is 12. The molecule has 33 heavy (non-hydrogen) atoms. The molecule has 0 radical (unpaired) electrons. The average molecular weight is 478 g/mol. The predicted molar refractivity (Wildman–Crippen MR) is 130 cm³/mol. The van der Waals surface area contributed by atoms with Gasteiger partial charge in [-0.25, -0.2) is 0 Å². The Labute approximate surface area is 199 Å². The number of hydrogen-bond donors (Lipinski definition) is 1. The molecule has 1 heterocycles. The zero-order valence-corrected chi connectivity index (χ0v) is 21.3. The highest BCUT2D eigenvalue weighted by molar-refractivity contribution is 7.86. The standard InChI is InChI=1S/C24H36N.C2H4O5S/c1-5-6-7-8-9-10-11-12-13-23-14-16-24(17-15-23)25-21(3)18-20(2)19-22(25)4;3-2(4)1-8(5,6)7/h14-19H,5-13H2,1-4H3;1H2,(H,3,4)(H,5,6,7)/q+1;/p-1. The van der Waals surface area contributed by atoms with Gasteiger partial charge in [-0.3, -0.25) is 4.55 Å². The summed E-state index contributed by atoms with van der Waals surface area (Å²) in [7, 11) is -4.39. The number of aromatic nitrogens is 1. The summed E-state index contributed by atoms with van der Waals surface area (Å²) in [4.78, 5) is 9.36. The Morgan fingerprint density at radius 2 is 1.36 bits per heavy atom. The zero-order valence-electron chi connectivity index (χ0n) is 20.5. The lowest BCUT2D eigenvalue weighted by Gasteiger charge is -2.06. The van der Waals surface area contributed by atoms with Gasteiger partial charge in [-0.05, 0) is 30.9 Å². The molecule has 0 amide bonds. The summed E-state index contributed by atoms with van der Waals surface area (Å²) < 4.78 is 29.2. The lowest BCUT2D eigenvalue weighted by molar-refractivity contribution is -0.609. The molecule has 0 atom stereocenters. The third-order valence-corrected chi connectivity index (χ3v) is 5.99. The minimum absolute atomic E-state index is 1.21. The predicted octanol–water partition coefficient (Wildman–Crippen LogP) is 4.20. The second kappa shape index (κ2) is 14.8. The van der Waals surface area contributed by atoms with Crippen LogP contribution in [0.5, 0.6) is 0 Å². The Bertz CT molecular complexity index is 946. The fraction of sp³-hybridized carbons (Fsp3) is 0.538. The van der Waals surface area contributed by atoms with E-state index in [0.29, 0.717) is 0 Å². The Balaban J connectivity index is 0.000000582. The number of aliphatic carboxylic acids is 1. The van der Waals surface area contributed by atoms with Crippen molar-refractivity contribution in [3.8, 4) is 5.69 Å². The number of aryl methyl sites for hydroxylation is 4. The highest BCUT2D eigenvalue weighted by Gasteiger charge is 2.14. The molecular formula is C26H39NO5S. The van der Waals surface area contributed by atoms with Gasteiger partial charge in [0.25, 0.3) is 10.1 Å². The summed E-state index contributed by atoms with van der Waals surface area (Å²) in [6.07, 6.45) is 12.3. The maximum Gasteiger partial charge on any atom is 0.270 e. The SMILES string of the molecule is CCCCCCCCCCc1ccc(-[n+]2c(C)cc(C)cc2C)cc1.O=C([O-])CS(=O)(=O)O. The highest BCUT2D eigenvalue weighted by atomic mass is 32.2. The van der Waals surface area contributed by atoms with E-state index in [-0.39, 0.29) is 0 Å². The van der Waals surface area contributed by atoms with E-state index in [1.165, 1.54) is 86.0 Å². The summed E-state index contributed by atoms with van der Waals surface area (Å²) in [5, 5.41) is 9.36. The van der Waals surface area contributed by atoms with Crippen LogP contribution in [0.2, 0.25) is 0 Å². The van der Waals surface area contributed by atoms with Crippen molar-refractivity contribution in [2.24, 2.45) is 0 Å². The lowest BCUT2D eigenvalue weighted by atomic mass is 10.0. The van der Waals surface area contributed by atoms with Crippen LogP contribution >= 0.6 is 0 Å². The number of carbonyl (C=O) groups excluding carboxylic acids is 1. The molecule has 6 nitrogen and oxygen atoms in total. The first-order chi connectivity index (χ1) is 15.5. The quantitative estimate of drug-likeness (QED) is 0.281. The van der Waals surface area contributed by atoms with E-state index in [9.17, 15) is 18.3 Å². The zero-order chi connectivity index (χ0) is 24.9. The van der Waals surface area contributed by atoms with Gasteiger partial charge in [-0.1, -0.05) is 64.0 Å². The topological polar surface area (TPSA) is 98.4 Å². The number of carboxylic acid groups (broad SMARTS) is 1. The van der Waals surface area contributed by atoms with Gasteiger partial charge in [0.15, 0.2) is 11.4 Å². The van der Waals surface area contributed by atoms with E-state index in [4.69, 9.17) is 4.55 Å². The van der Waals surface area contributed by atoms with Crippen LogP contribution in [-0.4, -0.2) is 24.7 Å². The van der Waals surface area contributed by atoms with Crippen LogP contribution in [0.3, 0.4) is 0 Å². The Kier molecular flexibility index (Phi) is 12.9. The normalized spacial score (nSPS) is 11.1. The number of carbonyl (C=O) groups is 1. The van der Waals surface area contributed by atoms with Gasteiger partial charge in [0.05, 0.1) is 5.97 Å². The Morgan fingerprint density at radius 3 is 1.79 bits per heavy atom. The van der Waals surface area contributed by atoms with Crippen molar-refractivity contribution in [2.45, 2.75) is 85.5 Å². The first-order valence-corrected chi connectivity index (χ1v) is 13.4. The molecule has 0 aliphatic carbocycles. The van der Waals surface area contributed by atoms with E-state index in [1.54, 1.807) is 0 Å². The second-order valence-corrected chi connectivity index (χ2v) is 10.1. The van der Waals surface area contributed by atoms with E-state index in [2.05, 4.69) is 68.7 Å². The monoisotopic (exact) mass is 477 g/mol. The molecule has 0 saturated heterocycles. The molecule has 1 aromatic carbocycles. The van der Waals surface area contributed by atoms with Crippen molar-refractivity contribution in [1.29, 1.82) is 0 Å². The van der Waals surface area contributed by atoms with Crippen molar-refractivity contribution in [1.82, 2.24) is 0 Å². The number of nitrogens with zero attached hydrogens (tertiary/aromatic N) is 1. The molecule has 0 aliphatic rings. The third-order valence-electron chi connectivity index (χ3n) is 5.39. The fourth-order valence-corrected chi connectivity index (χ4v) is 4.24. The molecule has 0 saturated carbocycles. The van der Waals surface area contributed by atoms with Gasteiger partial charge < -0.3 is 9.90 Å². The molecule has 7 heteroatoms. The smallest absolute Gasteiger partial charge is 0.270 e. The van der Waals surface area contributed by atoms with Crippen LogP contribution in [-0.2, 0) is 21.3 Å². The molecule has 0 unspecified atom stereocenters.